The molecule has 2 aromatic rings. The average molecular weight is 501 g/mol. The molecular formula is C27H30Cl2N2O3. The van der Waals surface area contributed by atoms with Crippen molar-refractivity contribution in [2.45, 2.75) is 46.1 Å². The Labute approximate surface area is 211 Å². The molecule has 180 valence electrons. The van der Waals surface area contributed by atoms with Gasteiger partial charge >= 0.3 is 0 Å². The fraction of sp³-hybridized carbons (Fsp3) is 0.407. The summed E-state index contributed by atoms with van der Waals surface area (Å²) in [5.41, 5.74) is 1.51. The monoisotopic (exact) mass is 500 g/mol. The maximum atomic E-state index is 13.8. The number of hydrogen-bond donors (Lipinski definition) is 1. The van der Waals surface area contributed by atoms with Gasteiger partial charge in [0.2, 0.25) is 0 Å². The van der Waals surface area contributed by atoms with E-state index in [0.717, 1.165) is 24.8 Å². The average Bonchev–Trinajstić information content (AvgIpc) is 3.01. The van der Waals surface area contributed by atoms with Crippen molar-refractivity contribution in [3.8, 4) is 5.75 Å². The fourth-order valence-electron chi connectivity index (χ4n) is 5.73. The summed E-state index contributed by atoms with van der Waals surface area (Å²) in [6, 6.07) is 12.2. The van der Waals surface area contributed by atoms with E-state index in [1.54, 1.807) is 25.3 Å². The lowest BCUT2D eigenvalue weighted by atomic mass is 9.65. The van der Waals surface area contributed by atoms with Crippen molar-refractivity contribution < 1.29 is 14.3 Å². The lowest BCUT2D eigenvalue weighted by molar-refractivity contribution is -0.128. The minimum absolute atomic E-state index is 0.0802. The van der Waals surface area contributed by atoms with Gasteiger partial charge in [0.05, 0.1) is 17.7 Å². The lowest BCUT2D eigenvalue weighted by Crippen LogP contribution is -2.42. The van der Waals surface area contributed by atoms with Crippen LogP contribution < -0.4 is 10.1 Å². The summed E-state index contributed by atoms with van der Waals surface area (Å²) >= 11 is 12.2. The van der Waals surface area contributed by atoms with E-state index in [2.05, 4.69) is 26.1 Å². The van der Waals surface area contributed by atoms with Crippen LogP contribution in [0.3, 0.4) is 0 Å². The highest BCUT2D eigenvalue weighted by Crippen LogP contribution is 2.52. The minimum atomic E-state index is -0.455. The van der Waals surface area contributed by atoms with E-state index in [0.29, 0.717) is 17.3 Å². The van der Waals surface area contributed by atoms with E-state index in [1.165, 1.54) is 6.07 Å². The second kappa shape index (κ2) is 9.27. The number of fused-ring (bicyclic) bond motifs is 2. The quantitative estimate of drug-likeness (QED) is 0.497. The Morgan fingerprint density at radius 2 is 1.79 bits per heavy atom. The van der Waals surface area contributed by atoms with Crippen LogP contribution in [0.15, 0.2) is 48.2 Å². The maximum absolute atomic E-state index is 13.8. The molecule has 2 bridgehead atoms. The number of benzene rings is 2. The molecule has 1 saturated carbocycles. The number of carbonyl (C=O) groups is 2. The number of rotatable bonds is 5. The molecule has 1 heterocycles. The van der Waals surface area contributed by atoms with Crippen LogP contribution >= 0.6 is 23.2 Å². The van der Waals surface area contributed by atoms with Crippen LogP contribution in [0.2, 0.25) is 10.0 Å². The zero-order chi connectivity index (χ0) is 24.7. The largest absolute Gasteiger partial charge is 0.497 e. The Morgan fingerprint density at radius 3 is 2.44 bits per heavy atom. The van der Waals surface area contributed by atoms with Crippen LogP contribution in [0.25, 0.3) is 6.08 Å². The van der Waals surface area contributed by atoms with Crippen LogP contribution in [0.4, 0.5) is 0 Å². The van der Waals surface area contributed by atoms with Gasteiger partial charge in [-0.15, -0.1) is 0 Å². The van der Waals surface area contributed by atoms with E-state index in [9.17, 15) is 9.59 Å². The molecule has 2 atom stereocenters. The first-order valence-corrected chi connectivity index (χ1v) is 12.2. The Bertz CT molecular complexity index is 1140. The lowest BCUT2D eigenvalue weighted by Gasteiger charge is -2.39. The second-order valence-electron chi connectivity index (χ2n) is 10.6. The van der Waals surface area contributed by atoms with Gasteiger partial charge in [-0.3, -0.25) is 9.59 Å². The summed E-state index contributed by atoms with van der Waals surface area (Å²) in [5.74, 6) is 0.0784. The summed E-state index contributed by atoms with van der Waals surface area (Å²) in [4.78, 5) is 28.9. The Hall–Kier alpha value is -2.50. The van der Waals surface area contributed by atoms with E-state index in [1.807, 2.05) is 29.2 Å². The standard InChI is InChI=1S/C27H30Cl2N2O3/c1-26(2)13-19-14-27(3,15-26)16-31(19)25(33)23(11-17-5-8-20(34-4)9-6-17)30-24(32)21-10-7-18(28)12-22(21)29/h5-12,19H,13-16H2,1-4H3,(H,30,32)/b23-11+/t19-,27+/m0/s1. The Kier molecular flexibility index (Phi) is 6.71. The Morgan fingerprint density at radius 1 is 1.09 bits per heavy atom. The molecule has 1 saturated heterocycles. The predicted octanol–water partition coefficient (Wildman–Crippen LogP) is 6.20. The molecule has 2 fully saturated rings. The molecule has 2 aromatic carbocycles. The number of nitrogens with zero attached hydrogens (tertiary/aromatic N) is 1. The van der Waals surface area contributed by atoms with Gasteiger partial charge in [-0.25, -0.2) is 0 Å². The van der Waals surface area contributed by atoms with Gasteiger partial charge in [-0.1, -0.05) is 56.1 Å². The fourth-order valence-corrected chi connectivity index (χ4v) is 6.23. The van der Waals surface area contributed by atoms with Crippen molar-refractivity contribution in [2.24, 2.45) is 10.8 Å². The molecule has 4 rings (SSSR count). The van der Waals surface area contributed by atoms with Crippen molar-refractivity contribution in [3.05, 3.63) is 69.3 Å². The molecule has 2 amide bonds. The summed E-state index contributed by atoms with van der Waals surface area (Å²) in [7, 11) is 1.60. The summed E-state index contributed by atoms with van der Waals surface area (Å²) in [5, 5.41) is 3.50. The number of ether oxygens (including phenoxy) is 1. The van der Waals surface area contributed by atoms with E-state index in [-0.39, 0.29) is 39.1 Å². The molecule has 0 unspecified atom stereocenters. The van der Waals surface area contributed by atoms with Gasteiger partial charge in [-0.2, -0.15) is 0 Å². The van der Waals surface area contributed by atoms with Crippen molar-refractivity contribution in [2.75, 3.05) is 13.7 Å². The second-order valence-corrected chi connectivity index (χ2v) is 11.4. The van der Waals surface area contributed by atoms with Crippen LogP contribution in [0.1, 0.15) is 56.0 Å². The predicted molar refractivity (Wildman–Crippen MR) is 136 cm³/mol. The molecule has 1 N–H and O–H groups in total. The molecular weight excluding hydrogens is 471 g/mol. The smallest absolute Gasteiger partial charge is 0.270 e. The molecule has 1 aliphatic carbocycles. The van der Waals surface area contributed by atoms with Crippen molar-refractivity contribution in [1.29, 1.82) is 0 Å². The van der Waals surface area contributed by atoms with Gasteiger partial charge in [0, 0.05) is 17.6 Å². The third kappa shape index (κ3) is 5.26. The Balaban J connectivity index is 1.66. The number of halogens is 2. The van der Waals surface area contributed by atoms with Gasteiger partial charge < -0.3 is 15.0 Å². The summed E-state index contributed by atoms with van der Waals surface area (Å²) < 4.78 is 5.23. The first-order valence-electron chi connectivity index (χ1n) is 11.4. The number of hydrogen-bond acceptors (Lipinski definition) is 3. The zero-order valence-corrected chi connectivity index (χ0v) is 21.5. The third-order valence-corrected chi connectivity index (χ3v) is 7.30. The highest BCUT2D eigenvalue weighted by atomic mass is 35.5. The van der Waals surface area contributed by atoms with E-state index < -0.39 is 5.91 Å². The SMILES string of the molecule is COc1ccc(/C=C(/NC(=O)c2ccc(Cl)cc2Cl)C(=O)N2C[C@]3(C)C[C@@H]2CC(C)(C)C3)cc1. The van der Waals surface area contributed by atoms with Crippen LogP contribution in [-0.2, 0) is 4.79 Å². The van der Waals surface area contributed by atoms with Crippen LogP contribution in [-0.4, -0.2) is 36.4 Å². The molecule has 0 radical (unpaired) electrons. The van der Waals surface area contributed by atoms with Crippen molar-refractivity contribution in [1.82, 2.24) is 10.2 Å². The highest BCUT2D eigenvalue weighted by molar-refractivity contribution is 6.36. The van der Waals surface area contributed by atoms with Crippen molar-refractivity contribution in [3.63, 3.8) is 0 Å². The van der Waals surface area contributed by atoms with Gasteiger partial charge in [0.25, 0.3) is 11.8 Å². The zero-order valence-electron chi connectivity index (χ0n) is 20.0. The van der Waals surface area contributed by atoms with Gasteiger partial charge in [-0.05, 0) is 72.1 Å². The maximum Gasteiger partial charge on any atom is 0.270 e. The third-order valence-electron chi connectivity index (χ3n) is 6.76. The minimum Gasteiger partial charge on any atom is -0.497 e. The number of methoxy groups -OCH3 is 1. The van der Waals surface area contributed by atoms with Crippen LogP contribution in [0.5, 0.6) is 5.75 Å². The molecule has 7 heteroatoms. The summed E-state index contributed by atoms with van der Waals surface area (Å²) in [6.07, 6.45) is 4.71. The molecule has 0 aromatic heterocycles. The van der Waals surface area contributed by atoms with E-state index >= 15 is 0 Å². The number of nitrogens with one attached hydrogen (secondary N) is 1. The first-order chi connectivity index (χ1) is 16.0. The van der Waals surface area contributed by atoms with Gasteiger partial charge in [0.15, 0.2) is 0 Å². The normalized spacial score (nSPS) is 23.5. The molecule has 5 nitrogen and oxygen atoms in total. The number of carbonyl (C=O) groups excluding carboxylic acids is 2. The molecule has 1 aliphatic heterocycles. The molecule has 2 aliphatic rings. The molecule has 0 spiro atoms. The number of amides is 2. The summed E-state index contributed by atoms with van der Waals surface area (Å²) in [6.45, 7) is 7.47. The van der Waals surface area contributed by atoms with E-state index in [4.69, 9.17) is 27.9 Å². The van der Waals surface area contributed by atoms with Crippen molar-refractivity contribution >= 4 is 41.1 Å². The number of likely N-dealkylation sites (tertiary alicyclic amines) is 1. The van der Waals surface area contributed by atoms with Gasteiger partial charge in [0.1, 0.15) is 11.4 Å². The highest BCUT2D eigenvalue weighted by Gasteiger charge is 2.51. The molecule has 34 heavy (non-hydrogen) atoms. The topological polar surface area (TPSA) is 58.6 Å². The van der Waals surface area contributed by atoms with Crippen LogP contribution in [0, 0.1) is 10.8 Å². The first kappa shape index (κ1) is 24.6.